The molecule has 0 radical (unpaired) electrons. The van der Waals surface area contributed by atoms with Crippen LogP contribution in [-0.4, -0.2) is 24.9 Å². The molecule has 4 nitrogen and oxygen atoms in total. The van der Waals surface area contributed by atoms with Crippen LogP contribution in [-0.2, 0) is 16.0 Å². The number of hydrogen-bond donors (Lipinski definition) is 1. The topological polar surface area (TPSA) is 49.4 Å². The van der Waals surface area contributed by atoms with E-state index in [-0.39, 0.29) is 11.8 Å². The molecule has 1 N–H and O–H groups in total. The number of aryl methyl sites for hydroxylation is 1. The van der Waals surface area contributed by atoms with Gasteiger partial charge >= 0.3 is 0 Å². The zero-order chi connectivity index (χ0) is 17.4. The summed E-state index contributed by atoms with van der Waals surface area (Å²) < 4.78 is 0. The zero-order valence-electron chi connectivity index (χ0n) is 14.3. The predicted molar refractivity (Wildman–Crippen MR) is 97.0 cm³/mol. The minimum absolute atomic E-state index is 0.0377. The fourth-order valence-corrected chi connectivity index (χ4v) is 2.49. The third-order valence-electron chi connectivity index (χ3n) is 3.87. The molecule has 0 heterocycles. The number of rotatable bonds is 7. The molecule has 126 valence electrons. The average molecular weight is 324 g/mol. The minimum Gasteiger partial charge on any atom is -0.356 e. The van der Waals surface area contributed by atoms with Gasteiger partial charge in [-0.15, -0.1) is 0 Å². The molecule has 0 aliphatic carbocycles. The van der Waals surface area contributed by atoms with Gasteiger partial charge in [-0.05, 0) is 31.0 Å². The van der Waals surface area contributed by atoms with E-state index in [1.807, 2.05) is 61.5 Å². The normalized spacial score (nSPS) is 10.2. The van der Waals surface area contributed by atoms with Gasteiger partial charge in [-0.1, -0.05) is 48.0 Å². The molecule has 2 aromatic rings. The number of nitrogens with zero attached hydrogens (tertiary/aromatic N) is 1. The molecule has 4 heteroatoms. The highest BCUT2D eigenvalue weighted by Crippen LogP contribution is 2.15. The first-order chi connectivity index (χ1) is 11.6. The van der Waals surface area contributed by atoms with Gasteiger partial charge in [0.15, 0.2) is 0 Å². The Labute approximate surface area is 143 Å². The Balaban J connectivity index is 1.80. The van der Waals surface area contributed by atoms with Crippen LogP contribution in [0.1, 0.15) is 24.5 Å². The van der Waals surface area contributed by atoms with E-state index in [2.05, 4.69) is 5.32 Å². The van der Waals surface area contributed by atoms with Crippen molar-refractivity contribution in [3.05, 3.63) is 65.7 Å². The van der Waals surface area contributed by atoms with Crippen LogP contribution in [0.4, 0.5) is 5.69 Å². The standard InChI is InChI=1S/C20H24N2O2/c1-16-8-10-19(11-9-16)22(17(2)23)15-13-20(24)21-14-12-18-6-4-3-5-7-18/h3-11H,12-15H2,1-2H3,(H,21,24). The smallest absolute Gasteiger partial charge is 0.223 e. The molecule has 0 bridgehead atoms. The number of nitrogens with one attached hydrogen (secondary N) is 1. The fraction of sp³-hybridized carbons (Fsp3) is 0.300. The summed E-state index contributed by atoms with van der Waals surface area (Å²) in [5.41, 5.74) is 3.16. The first kappa shape index (κ1) is 17.7. The molecule has 24 heavy (non-hydrogen) atoms. The van der Waals surface area contributed by atoms with E-state index in [4.69, 9.17) is 0 Å². The second kappa shape index (κ2) is 8.87. The van der Waals surface area contributed by atoms with Crippen molar-refractivity contribution in [3.63, 3.8) is 0 Å². The van der Waals surface area contributed by atoms with E-state index in [1.165, 1.54) is 12.5 Å². The summed E-state index contributed by atoms with van der Waals surface area (Å²) in [7, 11) is 0. The van der Waals surface area contributed by atoms with Gasteiger partial charge in [0.25, 0.3) is 0 Å². The van der Waals surface area contributed by atoms with Crippen LogP contribution in [0.25, 0.3) is 0 Å². The Morgan fingerprint density at radius 3 is 2.29 bits per heavy atom. The first-order valence-electron chi connectivity index (χ1n) is 8.21. The number of hydrogen-bond acceptors (Lipinski definition) is 2. The van der Waals surface area contributed by atoms with Crippen molar-refractivity contribution in [3.8, 4) is 0 Å². The van der Waals surface area contributed by atoms with Gasteiger partial charge in [-0.3, -0.25) is 9.59 Å². The minimum atomic E-state index is -0.0593. The van der Waals surface area contributed by atoms with E-state index in [1.54, 1.807) is 4.90 Å². The second-order valence-corrected chi connectivity index (χ2v) is 5.84. The monoisotopic (exact) mass is 324 g/mol. The van der Waals surface area contributed by atoms with Crippen molar-refractivity contribution in [1.29, 1.82) is 0 Å². The Hall–Kier alpha value is -2.62. The molecule has 0 unspecified atom stereocenters. The lowest BCUT2D eigenvalue weighted by atomic mass is 10.1. The average Bonchev–Trinajstić information content (AvgIpc) is 2.57. The van der Waals surface area contributed by atoms with E-state index in [0.717, 1.165) is 17.7 Å². The summed E-state index contributed by atoms with van der Waals surface area (Å²) in [6.07, 6.45) is 1.10. The molecule has 0 aliphatic rings. The van der Waals surface area contributed by atoms with Gasteiger partial charge in [0.1, 0.15) is 0 Å². The lowest BCUT2D eigenvalue weighted by Crippen LogP contribution is -2.34. The van der Waals surface area contributed by atoms with Crippen LogP contribution in [0.15, 0.2) is 54.6 Å². The predicted octanol–water partition coefficient (Wildman–Crippen LogP) is 3.10. The number of anilines is 1. The maximum atomic E-state index is 12.0. The van der Waals surface area contributed by atoms with Gasteiger partial charge in [0, 0.05) is 32.1 Å². The molecule has 0 fully saturated rings. The number of carbonyl (C=O) groups is 2. The maximum Gasteiger partial charge on any atom is 0.223 e. The van der Waals surface area contributed by atoms with E-state index < -0.39 is 0 Å². The van der Waals surface area contributed by atoms with Crippen LogP contribution in [0.3, 0.4) is 0 Å². The van der Waals surface area contributed by atoms with Crippen molar-refractivity contribution in [2.45, 2.75) is 26.7 Å². The van der Waals surface area contributed by atoms with Gasteiger partial charge in [-0.25, -0.2) is 0 Å². The molecular weight excluding hydrogens is 300 g/mol. The highest BCUT2D eigenvalue weighted by molar-refractivity contribution is 5.92. The molecule has 0 spiro atoms. The van der Waals surface area contributed by atoms with Crippen LogP contribution >= 0.6 is 0 Å². The maximum absolute atomic E-state index is 12.0. The summed E-state index contributed by atoms with van der Waals surface area (Å²) >= 11 is 0. The van der Waals surface area contributed by atoms with E-state index in [9.17, 15) is 9.59 Å². The van der Waals surface area contributed by atoms with Crippen molar-refractivity contribution in [2.24, 2.45) is 0 Å². The molecular formula is C20H24N2O2. The van der Waals surface area contributed by atoms with Gasteiger partial charge in [0.2, 0.25) is 11.8 Å². The Morgan fingerprint density at radius 2 is 1.67 bits per heavy atom. The molecule has 0 saturated heterocycles. The summed E-state index contributed by atoms with van der Waals surface area (Å²) in [6, 6.07) is 17.8. The SMILES string of the molecule is CC(=O)N(CCC(=O)NCCc1ccccc1)c1ccc(C)cc1. The van der Waals surface area contributed by atoms with Crippen molar-refractivity contribution >= 4 is 17.5 Å². The number of amides is 2. The molecule has 0 aromatic heterocycles. The summed E-state index contributed by atoms with van der Waals surface area (Å²) in [4.78, 5) is 25.5. The van der Waals surface area contributed by atoms with E-state index in [0.29, 0.717) is 19.5 Å². The lowest BCUT2D eigenvalue weighted by Gasteiger charge is -2.21. The number of carbonyl (C=O) groups excluding carboxylic acids is 2. The van der Waals surface area contributed by atoms with Crippen LogP contribution in [0.5, 0.6) is 0 Å². The molecule has 2 aromatic carbocycles. The zero-order valence-corrected chi connectivity index (χ0v) is 14.3. The van der Waals surface area contributed by atoms with Crippen molar-refractivity contribution in [1.82, 2.24) is 5.32 Å². The largest absolute Gasteiger partial charge is 0.356 e. The van der Waals surface area contributed by atoms with E-state index >= 15 is 0 Å². The third-order valence-corrected chi connectivity index (χ3v) is 3.87. The van der Waals surface area contributed by atoms with Gasteiger partial charge < -0.3 is 10.2 Å². The van der Waals surface area contributed by atoms with Gasteiger partial charge in [0.05, 0.1) is 0 Å². The fourth-order valence-electron chi connectivity index (χ4n) is 2.49. The highest BCUT2D eigenvalue weighted by atomic mass is 16.2. The summed E-state index contributed by atoms with van der Waals surface area (Å²) in [6.45, 7) is 4.51. The third kappa shape index (κ3) is 5.54. The molecule has 0 atom stereocenters. The molecule has 2 amide bonds. The van der Waals surface area contributed by atoms with Crippen LogP contribution < -0.4 is 10.2 Å². The Morgan fingerprint density at radius 1 is 1.00 bits per heavy atom. The Kier molecular flexibility index (Phi) is 6.55. The highest BCUT2D eigenvalue weighted by Gasteiger charge is 2.13. The van der Waals surface area contributed by atoms with Gasteiger partial charge in [-0.2, -0.15) is 0 Å². The van der Waals surface area contributed by atoms with Crippen LogP contribution in [0.2, 0.25) is 0 Å². The molecule has 0 saturated carbocycles. The van der Waals surface area contributed by atoms with Crippen molar-refractivity contribution < 1.29 is 9.59 Å². The summed E-state index contributed by atoms with van der Waals surface area (Å²) in [5.74, 6) is -0.0970. The summed E-state index contributed by atoms with van der Waals surface area (Å²) in [5, 5.41) is 2.91. The first-order valence-corrected chi connectivity index (χ1v) is 8.21. The quantitative estimate of drug-likeness (QED) is 0.851. The number of benzene rings is 2. The molecule has 2 rings (SSSR count). The van der Waals surface area contributed by atoms with Crippen molar-refractivity contribution in [2.75, 3.05) is 18.0 Å². The lowest BCUT2D eigenvalue weighted by molar-refractivity contribution is -0.121. The second-order valence-electron chi connectivity index (χ2n) is 5.84. The van der Waals surface area contributed by atoms with Crippen LogP contribution in [0, 0.1) is 6.92 Å². The Bertz CT molecular complexity index is 666. The molecule has 0 aliphatic heterocycles.